The maximum Gasteiger partial charge on any atom is 0.319 e. The maximum absolute atomic E-state index is 17.1. The summed E-state index contributed by atoms with van der Waals surface area (Å²) in [6.07, 6.45) is 18.9. The largest absolute Gasteiger partial charge is 0.508 e. The minimum atomic E-state index is -0.867. The summed E-state index contributed by atoms with van der Waals surface area (Å²) in [5, 5.41) is 32.3. The molecule has 16 nitrogen and oxygen atoms in total. The standard InChI is InChI=1S/C64H78F2N10O6S/c1-7-48-51(65)25-22-42-29-45(77)30-49(54(42)48)56-55(66)57-50(32-67-56)60(75-33-43-23-24-44(34-75)70-43)73-63(72-57)82-47-26-28-74(36-47)27-16-14-12-10-8-9-11-13-15-17-53(79)71-59(64(4,5)6)62(81)76-35-46(78)31-52(76)61(80)69-38(2)40-18-20-41(21-19-40)58-39(3)68-37-83-58/h1,18-22,25,29-30,32,37-38,43-44,46-47,52,59,70,77-78H,8-17,23-24,26-28,31,33-36H2,2-6H3,(H,69,80)(H,71,79)/t38-,43?,44?,46+,47-,52-,59+/m0/s1. The van der Waals surface area contributed by atoms with E-state index in [1.807, 2.05) is 64.4 Å². The van der Waals surface area contributed by atoms with E-state index in [4.69, 9.17) is 16.1 Å². The molecule has 2 unspecified atom stereocenters. The van der Waals surface area contributed by atoms with E-state index in [0.29, 0.717) is 49.1 Å². The van der Waals surface area contributed by atoms with Gasteiger partial charge in [0, 0.05) is 74.8 Å². The van der Waals surface area contributed by atoms with Crippen molar-refractivity contribution < 1.29 is 38.1 Å². The van der Waals surface area contributed by atoms with Gasteiger partial charge in [-0.3, -0.25) is 24.3 Å². The first-order chi connectivity index (χ1) is 39.9. The second-order valence-electron chi connectivity index (χ2n) is 24.4. The number of hydrogen-bond acceptors (Lipinski definition) is 14. The third-order valence-electron chi connectivity index (χ3n) is 17.1. The molecule has 0 saturated carbocycles. The summed E-state index contributed by atoms with van der Waals surface area (Å²) in [7, 11) is 0. The number of terminal acetylenes is 1. The number of phenolic OH excluding ortho intramolecular Hbond substituents is 1. The number of hydrogen-bond donors (Lipinski definition) is 5. The van der Waals surface area contributed by atoms with Gasteiger partial charge in [-0.05, 0) is 92.6 Å². The molecular weight excluding hydrogens is 1070 g/mol. The summed E-state index contributed by atoms with van der Waals surface area (Å²) in [6.45, 7) is 13.5. The van der Waals surface area contributed by atoms with Gasteiger partial charge in [0.05, 0.1) is 39.2 Å². The van der Waals surface area contributed by atoms with E-state index in [9.17, 15) is 24.6 Å². The molecule has 3 aromatic heterocycles. The summed E-state index contributed by atoms with van der Waals surface area (Å²) in [5.74, 6) is 0.547. The number of aliphatic hydroxyl groups is 1. The number of nitrogens with zero attached hydrogens (tertiary/aromatic N) is 7. The molecule has 440 valence electrons. The number of anilines is 1. The SMILES string of the molecule is C#Cc1c(F)ccc2cc(O)cc(-c3ncc4c(N5CC6CCC(C5)N6)nc(O[C@H]5CCN(CCCCCCCCCCCC(=O)N[C@H](C(=O)N6C[C@H](O)C[C@H]6C(=O)N[C@@H](C)c6ccc(-c7scnc7C)cc6)C(C)(C)C)C5)nc4c3F)c12. The van der Waals surface area contributed by atoms with Gasteiger partial charge in [-0.15, -0.1) is 17.8 Å². The Morgan fingerprint density at radius 2 is 1.61 bits per heavy atom. The number of carbonyl (C=O) groups is 3. The van der Waals surface area contributed by atoms with Crippen LogP contribution in [0.2, 0.25) is 0 Å². The summed E-state index contributed by atoms with van der Waals surface area (Å²) >= 11 is 1.58. The number of piperazine rings is 1. The fourth-order valence-electron chi connectivity index (χ4n) is 12.6. The number of benzene rings is 3. The molecule has 2 bridgehead atoms. The van der Waals surface area contributed by atoms with E-state index in [2.05, 4.69) is 46.6 Å². The Labute approximate surface area is 489 Å². The van der Waals surface area contributed by atoms with Crippen molar-refractivity contribution in [2.75, 3.05) is 44.2 Å². The van der Waals surface area contributed by atoms with Gasteiger partial charge in [-0.1, -0.05) is 102 Å². The third-order valence-corrected chi connectivity index (χ3v) is 18.0. The number of aromatic nitrogens is 4. The molecule has 7 atom stereocenters. The van der Waals surface area contributed by atoms with Gasteiger partial charge in [0.25, 0.3) is 0 Å². The van der Waals surface area contributed by atoms with Gasteiger partial charge in [0.2, 0.25) is 17.7 Å². The monoisotopic (exact) mass is 1150 g/mol. The molecule has 4 fully saturated rings. The number of fused-ring (bicyclic) bond motifs is 4. The second-order valence-corrected chi connectivity index (χ2v) is 25.2. The molecule has 0 aliphatic carbocycles. The van der Waals surface area contributed by atoms with Crippen LogP contribution in [0.15, 0.2) is 60.2 Å². The van der Waals surface area contributed by atoms with Crippen molar-refractivity contribution in [1.82, 2.24) is 45.7 Å². The average Bonchev–Trinajstić information content (AvgIpc) is 4.00. The predicted octanol–water partition coefficient (Wildman–Crippen LogP) is 9.91. The van der Waals surface area contributed by atoms with Crippen molar-refractivity contribution in [2.24, 2.45) is 5.41 Å². The van der Waals surface area contributed by atoms with Crippen molar-refractivity contribution in [3.05, 3.63) is 88.7 Å². The molecule has 0 radical (unpaired) electrons. The number of carbonyl (C=O) groups excluding carboxylic acids is 3. The lowest BCUT2D eigenvalue weighted by Crippen LogP contribution is -2.57. The quantitative estimate of drug-likeness (QED) is 0.0318. The molecule has 83 heavy (non-hydrogen) atoms. The van der Waals surface area contributed by atoms with E-state index in [1.165, 1.54) is 29.2 Å². The van der Waals surface area contributed by atoms with Gasteiger partial charge in [0.15, 0.2) is 5.82 Å². The van der Waals surface area contributed by atoms with Gasteiger partial charge < -0.3 is 40.7 Å². The third kappa shape index (κ3) is 13.7. The van der Waals surface area contributed by atoms with Crippen LogP contribution in [0.5, 0.6) is 11.8 Å². The number of rotatable bonds is 22. The first kappa shape index (κ1) is 59.3. The van der Waals surface area contributed by atoms with E-state index >= 15 is 8.78 Å². The van der Waals surface area contributed by atoms with Gasteiger partial charge in [0.1, 0.15) is 46.8 Å². The van der Waals surface area contributed by atoms with E-state index in [-0.39, 0.29) is 94.4 Å². The van der Waals surface area contributed by atoms with Crippen LogP contribution in [-0.4, -0.2) is 133 Å². The molecule has 0 spiro atoms. The zero-order valence-corrected chi connectivity index (χ0v) is 49.2. The Hall–Kier alpha value is -6.85. The molecule has 7 heterocycles. The molecule has 19 heteroatoms. The van der Waals surface area contributed by atoms with E-state index in [1.54, 1.807) is 17.5 Å². The van der Waals surface area contributed by atoms with Crippen molar-refractivity contribution in [1.29, 1.82) is 0 Å². The molecule has 10 rings (SSSR count). The lowest BCUT2D eigenvalue weighted by atomic mass is 9.85. The number of β-amino-alcohol motifs (C(OH)–C–C–N with tert-alkyl or cyclic N) is 1. The number of aliphatic hydroxyl groups excluding tert-OH is 1. The molecule has 4 saturated heterocycles. The van der Waals surface area contributed by atoms with Crippen LogP contribution < -0.4 is 25.6 Å². The van der Waals surface area contributed by atoms with Crippen molar-refractivity contribution in [3.8, 4) is 45.8 Å². The molecular formula is C64H78F2N10O6S. The van der Waals surface area contributed by atoms with Crippen molar-refractivity contribution in [3.63, 3.8) is 0 Å². The minimum absolute atomic E-state index is 0.0201. The second kappa shape index (κ2) is 26.0. The first-order valence-electron chi connectivity index (χ1n) is 29.7. The Morgan fingerprint density at radius 1 is 0.904 bits per heavy atom. The number of thiazole rings is 1. The molecule has 5 N–H and O–H groups in total. The van der Waals surface area contributed by atoms with Crippen LogP contribution in [0.4, 0.5) is 14.6 Å². The predicted molar refractivity (Wildman–Crippen MR) is 320 cm³/mol. The molecule has 4 aliphatic heterocycles. The van der Waals surface area contributed by atoms with Gasteiger partial charge >= 0.3 is 6.01 Å². The van der Waals surface area contributed by atoms with Gasteiger partial charge in [-0.25, -0.2) is 13.8 Å². The lowest BCUT2D eigenvalue weighted by Gasteiger charge is -2.35. The number of likely N-dealkylation sites (tertiary alicyclic amines) is 2. The first-order valence-corrected chi connectivity index (χ1v) is 30.6. The average molecular weight is 1150 g/mol. The number of halogens is 2. The Kier molecular flexibility index (Phi) is 18.6. The highest BCUT2D eigenvalue weighted by molar-refractivity contribution is 7.13. The van der Waals surface area contributed by atoms with Crippen molar-refractivity contribution >= 4 is 56.6 Å². The molecule has 3 amide bonds. The highest BCUT2D eigenvalue weighted by atomic mass is 32.1. The Morgan fingerprint density at radius 3 is 2.30 bits per heavy atom. The maximum atomic E-state index is 17.1. The summed E-state index contributed by atoms with van der Waals surface area (Å²) in [6, 6.07) is 12.1. The van der Waals surface area contributed by atoms with Crippen LogP contribution in [0, 0.1) is 36.3 Å². The Balaban J connectivity index is 0.649. The molecule has 3 aromatic carbocycles. The topological polar surface area (TPSA) is 198 Å². The zero-order valence-electron chi connectivity index (χ0n) is 48.4. The minimum Gasteiger partial charge on any atom is -0.508 e. The number of aryl methyl sites for hydroxylation is 1. The number of ether oxygens (including phenoxy) is 1. The normalized spacial score (nSPS) is 20.7. The van der Waals surface area contributed by atoms with E-state index < -0.39 is 35.2 Å². The molecule has 4 aliphatic rings. The summed E-state index contributed by atoms with van der Waals surface area (Å²) in [5.41, 5.74) is 4.16. The number of phenols is 1. The number of aromatic hydroxyl groups is 1. The summed E-state index contributed by atoms with van der Waals surface area (Å²) < 4.78 is 38.6. The number of amides is 3. The fourth-order valence-corrected chi connectivity index (χ4v) is 13.4. The number of unbranched alkanes of at least 4 members (excludes halogenated alkanes) is 8. The van der Waals surface area contributed by atoms with Crippen LogP contribution >= 0.6 is 11.3 Å². The Bertz CT molecular complexity index is 3350. The lowest BCUT2D eigenvalue weighted by molar-refractivity contribution is -0.144. The van der Waals surface area contributed by atoms with Crippen molar-refractivity contribution in [2.45, 2.75) is 167 Å². The highest BCUT2D eigenvalue weighted by Crippen LogP contribution is 2.40. The number of nitrogens with one attached hydrogen (secondary N) is 3. The van der Waals surface area contributed by atoms with E-state index in [0.717, 1.165) is 105 Å². The number of pyridine rings is 1. The smallest absolute Gasteiger partial charge is 0.319 e. The summed E-state index contributed by atoms with van der Waals surface area (Å²) in [4.78, 5) is 66.9. The highest BCUT2D eigenvalue weighted by Gasteiger charge is 2.45. The van der Waals surface area contributed by atoms with Gasteiger partial charge in [-0.2, -0.15) is 9.97 Å². The van der Waals surface area contributed by atoms with Crippen LogP contribution in [0.25, 0.3) is 43.4 Å². The van der Waals surface area contributed by atoms with Crippen LogP contribution in [0.3, 0.4) is 0 Å². The fraction of sp³-hybridized carbons (Fsp3) is 0.516. The molecule has 6 aromatic rings. The zero-order chi connectivity index (χ0) is 58.5. The van der Waals surface area contributed by atoms with Crippen LogP contribution in [0.1, 0.15) is 140 Å². The van der Waals surface area contributed by atoms with Crippen LogP contribution in [-0.2, 0) is 14.4 Å².